The fourth-order valence-electron chi connectivity index (χ4n) is 3.11. The maximum absolute atomic E-state index is 10.7. The summed E-state index contributed by atoms with van der Waals surface area (Å²) in [5.74, 6) is 1.26. The van der Waals surface area contributed by atoms with Gasteiger partial charge in [-0.3, -0.25) is 0 Å². The molecule has 0 amide bonds. The van der Waals surface area contributed by atoms with Crippen molar-refractivity contribution >= 4 is 16.9 Å². The molecule has 2 aromatic carbocycles. The number of carbonyl (C=O) groups is 1. The summed E-state index contributed by atoms with van der Waals surface area (Å²) in [4.78, 5) is 23.0. The van der Waals surface area contributed by atoms with Crippen LogP contribution in [-0.2, 0) is 4.79 Å². The minimum Gasteiger partial charge on any atom is -0.493 e. The Morgan fingerprint density at radius 3 is 2.63 bits per heavy atom. The van der Waals surface area contributed by atoms with E-state index in [9.17, 15) is 4.79 Å². The van der Waals surface area contributed by atoms with Gasteiger partial charge < -0.3 is 24.3 Å². The van der Waals surface area contributed by atoms with E-state index in [4.69, 9.17) is 19.3 Å². The number of benzene rings is 2. The summed E-state index contributed by atoms with van der Waals surface area (Å²) in [5.41, 5.74) is 3.22. The number of hydrogen-bond acceptors (Lipinski definition) is 6. The van der Waals surface area contributed by atoms with Crippen molar-refractivity contribution in [2.75, 3.05) is 20.8 Å². The average molecular weight is 405 g/mol. The van der Waals surface area contributed by atoms with Crippen LogP contribution in [0.15, 0.2) is 54.7 Å². The van der Waals surface area contributed by atoms with Crippen molar-refractivity contribution in [2.24, 2.45) is 0 Å². The van der Waals surface area contributed by atoms with Gasteiger partial charge in [-0.05, 0) is 48.5 Å². The van der Waals surface area contributed by atoms with Crippen molar-refractivity contribution in [3.8, 4) is 40.0 Å². The van der Waals surface area contributed by atoms with Crippen molar-refractivity contribution in [3.05, 3.63) is 54.7 Å². The first-order chi connectivity index (χ1) is 14.6. The van der Waals surface area contributed by atoms with Gasteiger partial charge in [0.1, 0.15) is 5.75 Å². The Hall–Kier alpha value is -4.07. The molecule has 0 aliphatic carbocycles. The van der Waals surface area contributed by atoms with Crippen LogP contribution < -0.4 is 14.2 Å². The lowest BCUT2D eigenvalue weighted by molar-refractivity contribution is -0.139. The highest BCUT2D eigenvalue weighted by molar-refractivity contribution is 5.86. The lowest BCUT2D eigenvalue weighted by Gasteiger charge is -2.09. The smallest absolute Gasteiger partial charge is 0.341 e. The van der Waals surface area contributed by atoms with Gasteiger partial charge in [0.25, 0.3) is 0 Å². The van der Waals surface area contributed by atoms with Gasteiger partial charge in [0.2, 0.25) is 0 Å². The Balaban J connectivity index is 1.66. The molecule has 0 aliphatic rings. The lowest BCUT2D eigenvalue weighted by atomic mass is 10.1. The van der Waals surface area contributed by atoms with Crippen LogP contribution in [0, 0.1) is 0 Å². The van der Waals surface area contributed by atoms with Crippen molar-refractivity contribution in [2.45, 2.75) is 0 Å². The average Bonchev–Trinajstić information content (AvgIpc) is 3.20. The number of fused-ring (bicyclic) bond motifs is 1. The Bertz CT molecular complexity index is 1220. The van der Waals surface area contributed by atoms with Gasteiger partial charge >= 0.3 is 5.97 Å². The van der Waals surface area contributed by atoms with Crippen molar-refractivity contribution < 1.29 is 24.1 Å². The van der Waals surface area contributed by atoms with Crippen LogP contribution in [0.5, 0.6) is 17.2 Å². The summed E-state index contributed by atoms with van der Waals surface area (Å²) < 4.78 is 15.9. The van der Waals surface area contributed by atoms with Gasteiger partial charge in [0, 0.05) is 22.7 Å². The van der Waals surface area contributed by atoms with Crippen LogP contribution >= 0.6 is 0 Å². The van der Waals surface area contributed by atoms with E-state index in [-0.39, 0.29) is 6.61 Å². The van der Waals surface area contributed by atoms with Gasteiger partial charge in [-0.25, -0.2) is 14.8 Å². The minimum atomic E-state index is -1.02. The second kappa shape index (κ2) is 8.12. The van der Waals surface area contributed by atoms with Gasteiger partial charge in [0.05, 0.1) is 25.6 Å². The number of aromatic amines is 1. The number of hydrogen-bond donors (Lipinski definition) is 2. The summed E-state index contributed by atoms with van der Waals surface area (Å²) in [6, 6.07) is 14.6. The summed E-state index contributed by atoms with van der Waals surface area (Å²) >= 11 is 0. The van der Waals surface area contributed by atoms with Crippen molar-refractivity contribution in [1.29, 1.82) is 0 Å². The molecule has 152 valence electrons. The fourth-order valence-corrected chi connectivity index (χ4v) is 3.11. The normalized spacial score (nSPS) is 10.7. The van der Waals surface area contributed by atoms with E-state index in [0.717, 1.165) is 27.9 Å². The number of rotatable bonds is 7. The number of aliphatic carboxylic acids is 1. The summed E-state index contributed by atoms with van der Waals surface area (Å²) in [6.45, 7) is -0.390. The minimum absolute atomic E-state index is 0.390. The maximum Gasteiger partial charge on any atom is 0.341 e. The molecule has 8 heteroatoms. The zero-order valence-electron chi connectivity index (χ0n) is 16.4. The lowest BCUT2D eigenvalue weighted by Crippen LogP contribution is -2.09. The molecule has 2 N–H and O–H groups in total. The van der Waals surface area contributed by atoms with Crippen molar-refractivity contribution in [1.82, 2.24) is 15.0 Å². The molecule has 0 aliphatic heterocycles. The highest BCUT2D eigenvalue weighted by Crippen LogP contribution is 2.32. The SMILES string of the molecule is COc1ccc(-c2ccnc(-c3cc4cc(OCC(=O)O)ccc4[nH]3)n2)cc1OC. The van der Waals surface area contributed by atoms with Crippen LogP contribution in [0.1, 0.15) is 0 Å². The number of carboxylic acids is 1. The van der Waals surface area contributed by atoms with E-state index >= 15 is 0 Å². The predicted molar refractivity (Wildman–Crippen MR) is 111 cm³/mol. The molecule has 4 aromatic rings. The van der Waals surface area contributed by atoms with E-state index in [1.165, 1.54) is 0 Å². The third-order valence-electron chi connectivity index (χ3n) is 4.53. The Labute approximate surface area is 172 Å². The van der Waals surface area contributed by atoms with Gasteiger partial charge in [-0.1, -0.05) is 0 Å². The summed E-state index contributed by atoms with van der Waals surface area (Å²) in [5, 5.41) is 9.63. The van der Waals surface area contributed by atoms with Crippen LogP contribution in [0.25, 0.3) is 33.7 Å². The first kappa shape index (κ1) is 19.3. The predicted octanol–water partition coefficient (Wildman–Crippen LogP) is 3.77. The number of H-pyrrole nitrogens is 1. The van der Waals surface area contributed by atoms with Crippen LogP contribution in [0.4, 0.5) is 0 Å². The molecule has 0 atom stereocenters. The molecule has 0 spiro atoms. The summed E-state index contributed by atoms with van der Waals surface area (Å²) in [7, 11) is 3.18. The van der Waals surface area contributed by atoms with Gasteiger partial charge in [-0.2, -0.15) is 0 Å². The molecule has 0 fully saturated rings. The van der Waals surface area contributed by atoms with E-state index in [1.807, 2.05) is 36.4 Å². The molecule has 0 unspecified atom stereocenters. The topological polar surface area (TPSA) is 107 Å². The highest BCUT2D eigenvalue weighted by Gasteiger charge is 2.11. The number of carboxylic acid groups (broad SMARTS) is 1. The molecule has 2 heterocycles. The van der Waals surface area contributed by atoms with E-state index < -0.39 is 5.97 Å². The van der Waals surface area contributed by atoms with Crippen molar-refractivity contribution in [3.63, 3.8) is 0 Å². The molecule has 2 aromatic heterocycles. The number of aromatic nitrogens is 3. The van der Waals surface area contributed by atoms with E-state index in [2.05, 4.69) is 15.0 Å². The maximum atomic E-state index is 10.7. The Morgan fingerprint density at radius 2 is 1.87 bits per heavy atom. The number of nitrogens with one attached hydrogen (secondary N) is 1. The van der Waals surface area contributed by atoms with E-state index in [1.54, 1.807) is 32.5 Å². The van der Waals surface area contributed by atoms with Crippen LogP contribution in [-0.4, -0.2) is 46.9 Å². The fraction of sp³-hybridized carbons (Fsp3) is 0.136. The van der Waals surface area contributed by atoms with Gasteiger partial charge in [-0.15, -0.1) is 0 Å². The molecular weight excluding hydrogens is 386 g/mol. The third-order valence-corrected chi connectivity index (χ3v) is 4.53. The van der Waals surface area contributed by atoms with Gasteiger partial charge in [0.15, 0.2) is 23.9 Å². The zero-order chi connectivity index (χ0) is 21.1. The zero-order valence-corrected chi connectivity index (χ0v) is 16.4. The second-order valence-corrected chi connectivity index (χ2v) is 6.45. The first-order valence-corrected chi connectivity index (χ1v) is 9.10. The molecule has 4 rings (SSSR count). The molecular formula is C22H19N3O5. The first-order valence-electron chi connectivity index (χ1n) is 9.10. The molecule has 8 nitrogen and oxygen atoms in total. The molecule has 0 bridgehead atoms. The standard InChI is InChI=1S/C22H19N3O5/c1-28-19-6-3-13(11-20(19)29-2)17-7-8-23-22(25-17)18-10-14-9-15(30-12-21(26)27)4-5-16(14)24-18/h3-11,24H,12H2,1-2H3,(H,26,27). The third kappa shape index (κ3) is 3.88. The highest BCUT2D eigenvalue weighted by atomic mass is 16.5. The molecule has 0 saturated carbocycles. The summed E-state index contributed by atoms with van der Waals surface area (Å²) in [6.07, 6.45) is 1.70. The number of nitrogens with zero attached hydrogens (tertiary/aromatic N) is 2. The van der Waals surface area contributed by atoms with Crippen LogP contribution in [0.2, 0.25) is 0 Å². The van der Waals surface area contributed by atoms with E-state index in [0.29, 0.717) is 23.1 Å². The molecule has 0 radical (unpaired) electrons. The molecule has 30 heavy (non-hydrogen) atoms. The largest absolute Gasteiger partial charge is 0.493 e. The monoisotopic (exact) mass is 405 g/mol. The second-order valence-electron chi connectivity index (χ2n) is 6.45. The molecule has 0 saturated heterocycles. The number of ether oxygens (including phenoxy) is 3. The quantitative estimate of drug-likeness (QED) is 0.482. The Morgan fingerprint density at radius 1 is 1.03 bits per heavy atom. The number of methoxy groups -OCH3 is 2. The Kier molecular flexibility index (Phi) is 5.21. The van der Waals surface area contributed by atoms with Crippen LogP contribution in [0.3, 0.4) is 0 Å².